The molecule has 3 heterocycles. The van der Waals surface area contributed by atoms with Crippen molar-refractivity contribution in [3.63, 3.8) is 0 Å². The van der Waals surface area contributed by atoms with Crippen molar-refractivity contribution in [2.24, 2.45) is 5.92 Å². The molecule has 0 amide bonds. The van der Waals surface area contributed by atoms with Gasteiger partial charge in [0.2, 0.25) is 0 Å². The monoisotopic (exact) mass is 294 g/mol. The van der Waals surface area contributed by atoms with E-state index in [4.69, 9.17) is 16.3 Å². The van der Waals surface area contributed by atoms with Crippen LogP contribution < -0.4 is 10.1 Å². The summed E-state index contributed by atoms with van der Waals surface area (Å²) in [6, 6.07) is 6.73. The summed E-state index contributed by atoms with van der Waals surface area (Å²) >= 11 is 6.23. The zero-order valence-corrected chi connectivity index (χ0v) is 12.8. The first-order chi connectivity index (χ1) is 9.76. The first-order valence-electron chi connectivity index (χ1n) is 7.63. The number of benzene rings is 1. The number of ether oxygens (including phenoxy) is 1. The lowest BCUT2D eigenvalue weighted by Crippen LogP contribution is -2.55. The van der Waals surface area contributed by atoms with Crippen LogP contribution in [0.2, 0.25) is 5.02 Å². The van der Waals surface area contributed by atoms with Crippen LogP contribution in [0.25, 0.3) is 0 Å². The van der Waals surface area contributed by atoms with Gasteiger partial charge < -0.3 is 15.0 Å². The van der Waals surface area contributed by atoms with Gasteiger partial charge in [0, 0.05) is 19.1 Å². The minimum atomic E-state index is 0.642. The lowest BCUT2D eigenvalue weighted by molar-refractivity contribution is 0.0720. The van der Waals surface area contributed by atoms with Gasteiger partial charge in [0.25, 0.3) is 0 Å². The van der Waals surface area contributed by atoms with E-state index in [2.05, 4.69) is 16.3 Å². The zero-order chi connectivity index (χ0) is 13.9. The van der Waals surface area contributed by atoms with Crippen LogP contribution in [0.15, 0.2) is 18.2 Å². The highest BCUT2D eigenvalue weighted by atomic mass is 35.5. The SMILES string of the molecule is CCOc1ccc(CN[C@H]2CN3CCC2CC3)cc1Cl. The Kier molecular flexibility index (Phi) is 4.49. The van der Waals surface area contributed by atoms with Gasteiger partial charge >= 0.3 is 0 Å². The Hall–Kier alpha value is -0.770. The van der Waals surface area contributed by atoms with Gasteiger partial charge in [-0.2, -0.15) is 0 Å². The van der Waals surface area contributed by atoms with Crippen molar-refractivity contribution in [3.8, 4) is 5.75 Å². The lowest BCUT2D eigenvalue weighted by Gasteiger charge is -2.45. The summed E-state index contributed by atoms with van der Waals surface area (Å²) in [6.07, 6.45) is 2.70. The molecule has 0 aromatic heterocycles. The summed E-state index contributed by atoms with van der Waals surface area (Å²) in [5.74, 6) is 1.64. The maximum absolute atomic E-state index is 6.23. The molecular formula is C16H23ClN2O. The molecule has 1 aromatic carbocycles. The molecule has 110 valence electrons. The lowest BCUT2D eigenvalue weighted by atomic mass is 9.84. The molecule has 0 saturated carbocycles. The number of halogens is 1. The first kappa shape index (κ1) is 14.2. The molecule has 4 heteroatoms. The number of hydrogen-bond acceptors (Lipinski definition) is 3. The van der Waals surface area contributed by atoms with Crippen molar-refractivity contribution in [3.05, 3.63) is 28.8 Å². The highest BCUT2D eigenvalue weighted by Crippen LogP contribution is 2.28. The average Bonchev–Trinajstić information content (AvgIpc) is 2.49. The molecule has 0 radical (unpaired) electrons. The van der Waals surface area contributed by atoms with Gasteiger partial charge in [-0.1, -0.05) is 17.7 Å². The fraction of sp³-hybridized carbons (Fsp3) is 0.625. The quantitative estimate of drug-likeness (QED) is 0.904. The van der Waals surface area contributed by atoms with Crippen molar-refractivity contribution < 1.29 is 4.74 Å². The fourth-order valence-corrected chi connectivity index (χ4v) is 3.63. The van der Waals surface area contributed by atoms with Crippen LogP contribution in [0, 0.1) is 5.92 Å². The van der Waals surface area contributed by atoms with E-state index in [0.717, 1.165) is 18.2 Å². The molecule has 3 aliphatic heterocycles. The summed E-state index contributed by atoms with van der Waals surface area (Å²) in [7, 11) is 0. The van der Waals surface area contributed by atoms with Crippen LogP contribution in [0.1, 0.15) is 25.3 Å². The molecule has 3 aliphatic rings. The minimum Gasteiger partial charge on any atom is -0.492 e. The minimum absolute atomic E-state index is 0.642. The highest BCUT2D eigenvalue weighted by molar-refractivity contribution is 6.32. The van der Waals surface area contributed by atoms with Crippen LogP contribution in [-0.2, 0) is 6.54 Å². The Balaban J connectivity index is 1.57. The summed E-state index contributed by atoms with van der Waals surface area (Å²) in [5.41, 5.74) is 1.23. The molecule has 0 unspecified atom stereocenters. The molecule has 1 N–H and O–H groups in total. The molecule has 3 nitrogen and oxygen atoms in total. The largest absolute Gasteiger partial charge is 0.492 e. The predicted molar refractivity (Wildman–Crippen MR) is 82.4 cm³/mol. The summed E-state index contributed by atoms with van der Waals surface area (Å²) in [5, 5.41) is 4.42. The third-order valence-electron chi connectivity index (χ3n) is 4.52. The van der Waals surface area contributed by atoms with Gasteiger partial charge in [0.05, 0.1) is 11.6 Å². The highest BCUT2D eigenvalue weighted by Gasteiger charge is 2.33. The van der Waals surface area contributed by atoms with Crippen molar-refractivity contribution in [1.82, 2.24) is 10.2 Å². The Morgan fingerprint density at radius 2 is 2.15 bits per heavy atom. The van der Waals surface area contributed by atoms with E-state index >= 15 is 0 Å². The molecule has 3 saturated heterocycles. The topological polar surface area (TPSA) is 24.5 Å². The van der Waals surface area contributed by atoms with E-state index < -0.39 is 0 Å². The third-order valence-corrected chi connectivity index (χ3v) is 4.82. The van der Waals surface area contributed by atoms with E-state index in [9.17, 15) is 0 Å². The van der Waals surface area contributed by atoms with Crippen LogP contribution >= 0.6 is 11.6 Å². The van der Waals surface area contributed by atoms with Crippen molar-refractivity contribution >= 4 is 11.6 Å². The van der Waals surface area contributed by atoms with Crippen molar-refractivity contribution in [1.29, 1.82) is 0 Å². The molecule has 1 aromatic rings. The third kappa shape index (κ3) is 3.11. The van der Waals surface area contributed by atoms with Gasteiger partial charge in [0.15, 0.2) is 0 Å². The fourth-order valence-electron chi connectivity index (χ4n) is 3.37. The molecule has 20 heavy (non-hydrogen) atoms. The molecule has 1 atom stereocenters. The van der Waals surface area contributed by atoms with E-state index in [-0.39, 0.29) is 0 Å². The van der Waals surface area contributed by atoms with Crippen LogP contribution in [0.3, 0.4) is 0 Å². The summed E-state index contributed by atoms with van der Waals surface area (Å²) in [6.45, 7) is 7.29. The molecule has 2 bridgehead atoms. The normalized spacial score (nSPS) is 28.6. The van der Waals surface area contributed by atoms with Crippen LogP contribution in [0.4, 0.5) is 0 Å². The van der Waals surface area contributed by atoms with Gasteiger partial charge in [-0.3, -0.25) is 0 Å². The molecule has 0 aliphatic carbocycles. The van der Waals surface area contributed by atoms with E-state index in [0.29, 0.717) is 17.7 Å². The van der Waals surface area contributed by atoms with E-state index in [1.165, 1.54) is 38.0 Å². The Morgan fingerprint density at radius 3 is 2.75 bits per heavy atom. The van der Waals surface area contributed by atoms with E-state index in [1.807, 2.05) is 19.1 Å². The van der Waals surface area contributed by atoms with Crippen molar-refractivity contribution in [2.45, 2.75) is 32.4 Å². The number of hydrogen-bond donors (Lipinski definition) is 1. The maximum Gasteiger partial charge on any atom is 0.137 e. The maximum atomic E-state index is 6.23. The van der Waals surface area contributed by atoms with E-state index in [1.54, 1.807) is 0 Å². The number of rotatable bonds is 5. The average molecular weight is 295 g/mol. The second kappa shape index (κ2) is 6.33. The Morgan fingerprint density at radius 1 is 1.35 bits per heavy atom. The van der Waals surface area contributed by atoms with Crippen LogP contribution in [-0.4, -0.2) is 37.2 Å². The van der Waals surface area contributed by atoms with Gasteiger partial charge in [-0.25, -0.2) is 0 Å². The summed E-state index contributed by atoms with van der Waals surface area (Å²) < 4.78 is 5.47. The smallest absolute Gasteiger partial charge is 0.137 e. The molecule has 4 rings (SSSR count). The number of nitrogens with one attached hydrogen (secondary N) is 1. The second-order valence-electron chi connectivity index (χ2n) is 5.82. The molecular weight excluding hydrogens is 272 g/mol. The zero-order valence-electron chi connectivity index (χ0n) is 12.1. The number of piperidine rings is 3. The van der Waals surface area contributed by atoms with Gasteiger partial charge in [-0.15, -0.1) is 0 Å². The van der Waals surface area contributed by atoms with Gasteiger partial charge in [-0.05, 0) is 56.5 Å². The number of nitrogens with zero attached hydrogens (tertiary/aromatic N) is 1. The first-order valence-corrected chi connectivity index (χ1v) is 8.01. The van der Waals surface area contributed by atoms with Crippen LogP contribution in [0.5, 0.6) is 5.75 Å². The predicted octanol–water partition coefficient (Wildman–Crippen LogP) is 2.92. The van der Waals surface area contributed by atoms with Gasteiger partial charge in [0.1, 0.15) is 5.75 Å². The second-order valence-corrected chi connectivity index (χ2v) is 6.23. The standard InChI is InChI=1S/C16H23ClN2O/c1-2-20-16-4-3-12(9-14(16)17)10-18-15-11-19-7-5-13(15)6-8-19/h3-4,9,13,15,18H,2,5-8,10-11H2,1H3/t15-/m0/s1. The Bertz CT molecular complexity index is 458. The molecule has 0 spiro atoms. The number of fused-ring (bicyclic) bond motifs is 3. The van der Waals surface area contributed by atoms with Crippen molar-refractivity contribution in [2.75, 3.05) is 26.2 Å². The molecule has 3 fully saturated rings. The Labute approximate surface area is 126 Å². The summed E-state index contributed by atoms with van der Waals surface area (Å²) in [4.78, 5) is 2.57.